The Labute approximate surface area is 163 Å². The zero-order valence-electron chi connectivity index (χ0n) is 16.8. The Morgan fingerprint density at radius 2 is 1.85 bits per heavy atom. The molecule has 1 aromatic rings. The van der Waals surface area contributed by atoms with Crippen LogP contribution in [0.15, 0.2) is 18.2 Å². The first-order valence-corrected chi connectivity index (χ1v) is 10.4. The van der Waals surface area contributed by atoms with E-state index >= 15 is 0 Å². The molecule has 0 radical (unpaired) electrons. The molecule has 1 amide bonds. The number of aryl methyl sites for hydroxylation is 2. The number of amides is 1. The summed E-state index contributed by atoms with van der Waals surface area (Å²) in [6.45, 7) is 8.60. The average molecular weight is 375 g/mol. The number of β-amino-alcohol motifs (C(OH)–C–C–N with tert-alkyl or cyclic N) is 1. The van der Waals surface area contributed by atoms with Crippen LogP contribution in [0, 0.1) is 19.8 Å². The molecule has 1 N–H and O–H groups in total. The molecule has 0 spiro atoms. The molecule has 2 aliphatic rings. The Morgan fingerprint density at radius 3 is 2.56 bits per heavy atom. The maximum atomic E-state index is 12.6. The minimum atomic E-state index is -0.515. The lowest BCUT2D eigenvalue weighted by Crippen LogP contribution is -2.46. The van der Waals surface area contributed by atoms with Crippen LogP contribution >= 0.6 is 0 Å². The number of aliphatic hydroxyl groups is 1. The van der Waals surface area contributed by atoms with E-state index in [9.17, 15) is 9.90 Å². The van der Waals surface area contributed by atoms with Gasteiger partial charge >= 0.3 is 0 Å². The van der Waals surface area contributed by atoms with E-state index in [0.29, 0.717) is 19.1 Å². The summed E-state index contributed by atoms with van der Waals surface area (Å²) in [6.07, 6.45) is 4.84. The number of carbonyl (C=O) groups is 1. The van der Waals surface area contributed by atoms with Crippen LogP contribution in [0.4, 0.5) is 0 Å². The van der Waals surface area contributed by atoms with Crippen LogP contribution in [-0.2, 0) is 4.79 Å². The van der Waals surface area contributed by atoms with Crippen molar-refractivity contribution >= 4 is 5.91 Å². The Balaban J connectivity index is 1.39. The van der Waals surface area contributed by atoms with Gasteiger partial charge in [-0.2, -0.15) is 0 Å². The van der Waals surface area contributed by atoms with Crippen LogP contribution in [0.1, 0.15) is 43.2 Å². The van der Waals surface area contributed by atoms with Gasteiger partial charge in [-0.25, -0.2) is 0 Å². The summed E-state index contributed by atoms with van der Waals surface area (Å²) in [7, 11) is 0. The van der Waals surface area contributed by atoms with Crippen molar-refractivity contribution in [2.24, 2.45) is 5.92 Å². The standard InChI is InChI=1S/C22H34N2O3/c1-17-6-7-18(2)21(14-17)27-16-20(25)15-23-12-8-19(9-13-23)22(26)24-10-4-3-5-11-24/h6-7,14,19-20,25H,3-5,8-13,15-16H2,1-2H3. The molecule has 5 heteroatoms. The van der Waals surface area contributed by atoms with Gasteiger partial charge in [-0.1, -0.05) is 12.1 Å². The summed E-state index contributed by atoms with van der Waals surface area (Å²) >= 11 is 0. The van der Waals surface area contributed by atoms with Crippen LogP contribution < -0.4 is 4.74 Å². The van der Waals surface area contributed by atoms with Gasteiger partial charge in [0.25, 0.3) is 0 Å². The Morgan fingerprint density at radius 1 is 1.15 bits per heavy atom. The van der Waals surface area contributed by atoms with Crippen LogP contribution in [0.3, 0.4) is 0 Å². The molecule has 2 aliphatic heterocycles. The van der Waals surface area contributed by atoms with E-state index in [1.54, 1.807) is 0 Å². The number of ether oxygens (including phenoxy) is 1. The molecular formula is C22H34N2O3. The molecule has 0 aromatic heterocycles. The van der Waals surface area contributed by atoms with E-state index in [1.165, 1.54) is 6.42 Å². The lowest BCUT2D eigenvalue weighted by atomic mass is 9.94. The summed E-state index contributed by atoms with van der Waals surface area (Å²) in [4.78, 5) is 17.0. The summed E-state index contributed by atoms with van der Waals surface area (Å²) in [5.41, 5.74) is 2.25. The largest absolute Gasteiger partial charge is 0.491 e. The fourth-order valence-corrected chi connectivity index (χ4v) is 4.13. The Bertz CT molecular complexity index is 620. The fourth-order valence-electron chi connectivity index (χ4n) is 4.13. The van der Waals surface area contributed by atoms with Gasteiger partial charge in [-0.05, 0) is 76.2 Å². The summed E-state index contributed by atoms with van der Waals surface area (Å²) < 4.78 is 5.82. The second-order valence-corrected chi connectivity index (χ2v) is 8.19. The maximum Gasteiger partial charge on any atom is 0.225 e. The Hall–Kier alpha value is -1.59. The average Bonchev–Trinajstić information content (AvgIpc) is 2.69. The van der Waals surface area contributed by atoms with Gasteiger partial charge in [0.15, 0.2) is 0 Å². The molecule has 2 heterocycles. The third-order valence-electron chi connectivity index (χ3n) is 5.85. The summed E-state index contributed by atoms with van der Waals surface area (Å²) in [6, 6.07) is 6.12. The van der Waals surface area contributed by atoms with E-state index in [4.69, 9.17) is 4.74 Å². The van der Waals surface area contributed by atoms with Gasteiger partial charge in [-0.15, -0.1) is 0 Å². The highest BCUT2D eigenvalue weighted by Crippen LogP contribution is 2.23. The number of nitrogens with zero attached hydrogens (tertiary/aromatic N) is 2. The van der Waals surface area contributed by atoms with Crippen LogP contribution in [0.25, 0.3) is 0 Å². The molecule has 2 saturated heterocycles. The van der Waals surface area contributed by atoms with Crippen LogP contribution in [0.2, 0.25) is 0 Å². The number of hydrogen-bond donors (Lipinski definition) is 1. The minimum Gasteiger partial charge on any atom is -0.491 e. The van der Waals surface area contributed by atoms with Crippen molar-refractivity contribution in [3.8, 4) is 5.75 Å². The van der Waals surface area contributed by atoms with Crippen LogP contribution in [-0.4, -0.2) is 66.2 Å². The van der Waals surface area contributed by atoms with E-state index < -0.39 is 6.10 Å². The van der Waals surface area contributed by atoms with Crippen molar-refractivity contribution in [2.75, 3.05) is 39.3 Å². The molecule has 0 bridgehead atoms. The molecule has 0 saturated carbocycles. The van der Waals surface area contributed by atoms with Gasteiger partial charge in [0.1, 0.15) is 18.5 Å². The first kappa shape index (κ1) is 20.2. The van der Waals surface area contributed by atoms with E-state index in [0.717, 1.165) is 68.7 Å². The minimum absolute atomic E-state index is 0.169. The van der Waals surface area contributed by atoms with Gasteiger partial charge in [0.05, 0.1) is 0 Å². The van der Waals surface area contributed by atoms with Crippen molar-refractivity contribution in [1.29, 1.82) is 0 Å². The molecule has 150 valence electrons. The van der Waals surface area contributed by atoms with Gasteiger partial charge in [0.2, 0.25) is 5.91 Å². The molecule has 0 aliphatic carbocycles. The predicted molar refractivity (Wildman–Crippen MR) is 107 cm³/mol. The van der Waals surface area contributed by atoms with Gasteiger partial charge in [0, 0.05) is 25.6 Å². The molecule has 1 unspecified atom stereocenters. The highest BCUT2D eigenvalue weighted by molar-refractivity contribution is 5.79. The second-order valence-electron chi connectivity index (χ2n) is 8.19. The predicted octanol–water partition coefficient (Wildman–Crippen LogP) is 2.77. The maximum absolute atomic E-state index is 12.6. The normalized spacial score (nSPS) is 20.5. The van der Waals surface area contributed by atoms with Gasteiger partial charge < -0.3 is 19.6 Å². The second kappa shape index (κ2) is 9.56. The number of benzene rings is 1. The lowest BCUT2D eigenvalue weighted by Gasteiger charge is -2.36. The summed E-state index contributed by atoms with van der Waals surface area (Å²) in [5, 5.41) is 10.4. The van der Waals surface area contributed by atoms with Crippen molar-refractivity contribution < 1.29 is 14.6 Å². The van der Waals surface area contributed by atoms with Crippen LogP contribution in [0.5, 0.6) is 5.75 Å². The van der Waals surface area contributed by atoms with E-state index in [1.807, 2.05) is 26.0 Å². The molecular weight excluding hydrogens is 340 g/mol. The first-order valence-electron chi connectivity index (χ1n) is 10.4. The van der Waals surface area contributed by atoms with Crippen molar-refractivity contribution in [2.45, 2.75) is 52.1 Å². The number of piperidine rings is 2. The van der Waals surface area contributed by atoms with Crippen molar-refractivity contribution in [3.63, 3.8) is 0 Å². The molecule has 1 aromatic carbocycles. The SMILES string of the molecule is Cc1ccc(C)c(OCC(O)CN2CCC(C(=O)N3CCCCC3)CC2)c1. The highest BCUT2D eigenvalue weighted by atomic mass is 16.5. The number of carbonyl (C=O) groups excluding carboxylic acids is 1. The fraction of sp³-hybridized carbons (Fsp3) is 0.682. The smallest absolute Gasteiger partial charge is 0.225 e. The molecule has 27 heavy (non-hydrogen) atoms. The number of likely N-dealkylation sites (tertiary alicyclic amines) is 2. The zero-order valence-corrected chi connectivity index (χ0v) is 16.8. The third-order valence-corrected chi connectivity index (χ3v) is 5.85. The number of aliphatic hydroxyl groups excluding tert-OH is 1. The quantitative estimate of drug-likeness (QED) is 0.832. The van der Waals surface area contributed by atoms with Gasteiger partial charge in [-0.3, -0.25) is 4.79 Å². The molecule has 1 atom stereocenters. The third kappa shape index (κ3) is 5.69. The van der Waals surface area contributed by atoms with Crippen molar-refractivity contribution in [1.82, 2.24) is 9.80 Å². The molecule has 5 nitrogen and oxygen atoms in total. The number of rotatable bonds is 6. The monoisotopic (exact) mass is 374 g/mol. The molecule has 3 rings (SSSR count). The van der Waals surface area contributed by atoms with E-state index in [-0.39, 0.29) is 5.92 Å². The van der Waals surface area contributed by atoms with E-state index in [2.05, 4.69) is 15.9 Å². The van der Waals surface area contributed by atoms with Crippen molar-refractivity contribution in [3.05, 3.63) is 29.3 Å². The zero-order chi connectivity index (χ0) is 19.2. The Kier molecular flexibility index (Phi) is 7.13. The topological polar surface area (TPSA) is 53.0 Å². The highest BCUT2D eigenvalue weighted by Gasteiger charge is 2.29. The first-order chi connectivity index (χ1) is 13.0. The lowest BCUT2D eigenvalue weighted by molar-refractivity contribution is -0.138. The number of hydrogen-bond acceptors (Lipinski definition) is 4. The molecule has 2 fully saturated rings. The summed E-state index contributed by atoms with van der Waals surface area (Å²) in [5.74, 6) is 1.37.